The summed E-state index contributed by atoms with van der Waals surface area (Å²) in [4.78, 5) is 3.89. The highest BCUT2D eigenvalue weighted by Gasteiger charge is 2.36. The largest absolute Gasteiger partial charge is 0.396 e. The number of sulfonamides is 1. The Hall–Kier alpha value is -0.690. The molecular weight excluding hydrogens is 288 g/mol. The van der Waals surface area contributed by atoms with Crippen molar-refractivity contribution in [2.45, 2.75) is 36.6 Å². The fraction of sp³-hybridized carbons (Fsp3) is 0.583. The maximum absolute atomic E-state index is 12.6. The maximum Gasteiger partial charge on any atom is 0.246 e. The van der Waals surface area contributed by atoms with Crippen LogP contribution in [0.5, 0.6) is 0 Å². The average molecular weight is 305 g/mol. The summed E-state index contributed by atoms with van der Waals surface area (Å²) in [7, 11) is -3.59. The minimum absolute atomic E-state index is 0.00954. The van der Waals surface area contributed by atoms with E-state index in [1.54, 1.807) is 6.07 Å². The fourth-order valence-electron chi connectivity index (χ4n) is 2.43. The van der Waals surface area contributed by atoms with Gasteiger partial charge in [0.15, 0.2) is 0 Å². The summed E-state index contributed by atoms with van der Waals surface area (Å²) < 4.78 is 26.6. The summed E-state index contributed by atoms with van der Waals surface area (Å²) in [6, 6.07) is 3.00. The second-order valence-corrected chi connectivity index (χ2v) is 6.79. The van der Waals surface area contributed by atoms with Crippen molar-refractivity contribution in [3.05, 3.63) is 23.5 Å². The molecule has 1 aromatic heterocycles. The number of rotatable bonds is 5. The molecule has 2 rings (SSSR count). The van der Waals surface area contributed by atoms with Crippen molar-refractivity contribution in [1.82, 2.24) is 9.29 Å². The van der Waals surface area contributed by atoms with Gasteiger partial charge in [0.05, 0.1) is 0 Å². The molecule has 19 heavy (non-hydrogen) atoms. The molecule has 0 aromatic carbocycles. The molecule has 1 N–H and O–H groups in total. The Kier molecular flexibility index (Phi) is 4.78. The molecule has 0 amide bonds. The average Bonchev–Trinajstić information content (AvgIpc) is 2.85. The van der Waals surface area contributed by atoms with E-state index in [9.17, 15) is 8.42 Å². The highest BCUT2D eigenvalue weighted by Crippen LogP contribution is 2.30. The summed E-state index contributed by atoms with van der Waals surface area (Å²) in [5, 5.41) is 8.89. The van der Waals surface area contributed by atoms with Gasteiger partial charge >= 0.3 is 0 Å². The molecule has 5 nitrogen and oxygen atoms in total. The van der Waals surface area contributed by atoms with E-state index in [4.69, 9.17) is 16.7 Å². The number of hydrogen-bond acceptors (Lipinski definition) is 4. The maximum atomic E-state index is 12.6. The van der Waals surface area contributed by atoms with Crippen LogP contribution in [0.3, 0.4) is 0 Å². The molecule has 1 unspecified atom stereocenters. The number of aromatic nitrogens is 1. The smallest absolute Gasteiger partial charge is 0.246 e. The van der Waals surface area contributed by atoms with E-state index in [1.165, 1.54) is 16.6 Å². The van der Waals surface area contributed by atoms with E-state index in [0.29, 0.717) is 19.4 Å². The monoisotopic (exact) mass is 304 g/mol. The first-order chi connectivity index (χ1) is 9.07. The van der Waals surface area contributed by atoms with E-state index >= 15 is 0 Å². The van der Waals surface area contributed by atoms with Crippen molar-refractivity contribution in [3.63, 3.8) is 0 Å². The summed E-state index contributed by atoms with van der Waals surface area (Å²) in [6.07, 6.45) is 4.42. The number of halogens is 1. The lowest BCUT2D eigenvalue weighted by atomic mass is 10.1. The summed E-state index contributed by atoms with van der Waals surface area (Å²) in [5.41, 5.74) is 0. The highest BCUT2D eigenvalue weighted by molar-refractivity contribution is 7.89. The Labute approximate surface area is 118 Å². The van der Waals surface area contributed by atoms with Crippen LogP contribution in [0, 0.1) is 0 Å². The SMILES string of the molecule is O=S(=O)(c1cccnc1Cl)N1CCCC1CCCO. The Morgan fingerprint density at radius 1 is 1.53 bits per heavy atom. The molecule has 0 spiro atoms. The van der Waals surface area contributed by atoms with Gasteiger partial charge in [0, 0.05) is 25.4 Å². The number of nitrogens with zero attached hydrogens (tertiary/aromatic N) is 2. The zero-order valence-electron chi connectivity index (χ0n) is 10.5. The normalized spacial score (nSPS) is 20.8. The first-order valence-electron chi connectivity index (χ1n) is 6.30. The third-order valence-corrected chi connectivity index (χ3v) is 5.73. The molecule has 0 radical (unpaired) electrons. The lowest BCUT2D eigenvalue weighted by molar-refractivity contribution is 0.264. The van der Waals surface area contributed by atoms with Gasteiger partial charge in [-0.2, -0.15) is 4.31 Å². The molecule has 1 aliphatic heterocycles. The van der Waals surface area contributed by atoms with Crippen LogP contribution in [0.2, 0.25) is 5.15 Å². The van der Waals surface area contributed by atoms with E-state index < -0.39 is 10.0 Å². The van der Waals surface area contributed by atoms with Crippen molar-refractivity contribution in [2.24, 2.45) is 0 Å². The van der Waals surface area contributed by atoms with Crippen LogP contribution in [0.15, 0.2) is 23.2 Å². The summed E-state index contributed by atoms with van der Waals surface area (Å²) in [5.74, 6) is 0. The van der Waals surface area contributed by atoms with Crippen molar-refractivity contribution < 1.29 is 13.5 Å². The van der Waals surface area contributed by atoms with E-state index in [1.807, 2.05) is 0 Å². The van der Waals surface area contributed by atoms with Gasteiger partial charge in [-0.05, 0) is 37.8 Å². The number of hydrogen-bond donors (Lipinski definition) is 1. The molecule has 0 saturated carbocycles. The molecule has 1 fully saturated rings. The van der Waals surface area contributed by atoms with Gasteiger partial charge in [-0.15, -0.1) is 0 Å². The van der Waals surface area contributed by atoms with Crippen LogP contribution in [-0.4, -0.2) is 42.0 Å². The molecule has 0 aliphatic carbocycles. The predicted molar refractivity (Wildman–Crippen MR) is 72.5 cm³/mol. The zero-order valence-corrected chi connectivity index (χ0v) is 12.1. The minimum atomic E-state index is -3.59. The summed E-state index contributed by atoms with van der Waals surface area (Å²) >= 11 is 5.88. The Morgan fingerprint density at radius 2 is 2.32 bits per heavy atom. The lowest BCUT2D eigenvalue weighted by Gasteiger charge is -2.24. The quantitative estimate of drug-likeness (QED) is 0.840. The number of pyridine rings is 1. The molecule has 106 valence electrons. The first kappa shape index (κ1) is 14.7. The van der Waals surface area contributed by atoms with E-state index in [0.717, 1.165) is 12.8 Å². The van der Waals surface area contributed by atoms with Gasteiger partial charge in [-0.25, -0.2) is 13.4 Å². The standard InChI is InChI=1S/C12H17ClN2O3S/c13-12-11(6-1-7-14-12)19(17,18)15-8-2-4-10(15)5-3-9-16/h1,6-7,10,16H,2-5,8-9H2. The van der Waals surface area contributed by atoms with Crippen molar-refractivity contribution in [2.75, 3.05) is 13.2 Å². The van der Waals surface area contributed by atoms with Gasteiger partial charge in [0.1, 0.15) is 10.0 Å². The minimum Gasteiger partial charge on any atom is -0.396 e. The van der Waals surface area contributed by atoms with E-state index in [-0.39, 0.29) is 22.7 Å². The van der Waals surface area contributed by atoms with Crippen LogP contribution < -0.4 is 0 Å². The second-order valence-electron chi connectivity index (χ2n) is 4.57. The molecule has 7 heteroatoms. The molecule has 0 bridgehead atoms. The van der Waals surface area contributed by atoms with E-state index in [2.05, 4.69) is 4.98 Å². The Morgan fingerprint density at radius 3 is 3.00 bits per heavy atom. The van der Waals surface area contributed by atoms with Crippen molar-refractivity contribution in [3.8, 4) is 0 Å². The molecule has 1 saturated heterocycles. The van der Waals surface area contributed by atoms with Gasteiger partial charge in [0.2, 0.25) is 10.0 Å². The zero-order chi connectivity index (χ0) is 13.9. The van der Waals surface area contributed by atoms with Crippen molar-refractivity contribution >= 4 is 21.6 Å². The lowest BCUT2D eigenvalue weighted by Crippen LogP contribution is -2.35. The van der Waals surface area contributed by atoms with Crippen LogP contribution in [-0.2, 0) is 10.0 Å². The van der Waals surface area contributed by atoms with Crippen molar-refractivity contribution in [1.29, 1.82) is 0 Å². The molecular formula is C12H17ClN2O3S. The second kappa shape index (κ2) is 6.17. The first-order valence-corrected chi connectivity index (χ1v) is 8.12. The number of aliphatic hydroxyl groups is 1. The number of aliphatic hydroxyl groups excluding tert-OH is 1. The van der Waals surface area contributed by atoms with Gasteiger partial charge in [-0.3, -0.25) is 0 Å². The highest BCUT2D eigenvalue weighted by atomic mass is 35.5. The molecule has 1 atom stereocenters. The van der Waals surface area contributed by atoms with Gasteiger partial charge in [-0.1, -0.05) is 11.6 Å². The molecule has 1 aliphatic rings. The predicted octanol–water partition coefficient (Wildman–Crippen LogP) is 1.66. The summed E-state index contributed by atoms with van der Waals surface area (Å²) in [6.45, 7) is 0.585. The Bertz CT molecular complexity index is 536. The van der Waals surface area contributed by atoms with Gasteiger partial charge in [0.25, 0.3) is 0 Å². The van der Waals surface area contributed by atoms with Crippen LogP contribution in [0.25, 0.3) is 0 Å². The van der Waals surface area contributed by atoms with Crippen LogP contribution in [0.4, 0.5) is 0 Å². The fourth-order valence-corrected chi connectivity index (χ4v) is 4.58. The van der Waals surface area contributed by atoms with Crippen LogP contribution in [0.1, 0.15) is 25.7 Å². The topological polar surface area (TPSA) is 70.5 Å². The molecule has 2 heterocycles. The van der Waals surface area contributed by atoms with Crippen LogP contribution >= 0.6 is 11.6 Å². The Balaban J connectivity index is 2.26. The third-order valence-electron chi connectivity index (χ3n) is 3.33. The third kappa shape index (κ3) is 3.08. The van der Waals surface area contributed by atoms with Gasteiger partial charge < -0.3 is 5.11 Å². The molecule has 1 aromatic rings.